The van der Waals surface area contributed by atoms with Gasteiger partial charge in [-0.2, -0.15) is 0 Å². The summed E-state index contributed by atoms with van der Waals surface area (Å²) in [6, 6.07) is 5.94. The van der Waals surface area contributed by atoms with Gasteiger partial charge in [0.15, 0.2) is 0 Å². The topological polar surface area (TPSA) is 54.7 Å². The minimum atomic E-state index is 0.565. The molecule has 3 N–H and O–H groups in total. The van der Waals surface area contributed by atoms with Gasteiger partial charge in [-0.05, 0) is 30.5 Å². The predicted octanol–water partition coefficient (Wildman–Crippen LogP) is 3.44. The van der Waals surface area contributed by atoms with Gasteiger partial charge in [0.2, 0.25) is 0 Å². The molecular weight excluding hydrogens is 198 g/mol. The van der Waals surface area contributed by atoms with Gasteiger partial charge in [0, 0.05) is 5.69 Å². The summed E-state index contributed by atoms with van der Waals surface area (Å²) in [5.41, 5.74) is 8.98. The fraction of sp³-hybridized carbons (Fsp3) is 0.462. The molecule has 0 aliphatic heterocycles. The number of hydrogen-bond donors (Lipinski definition) is 2. The molecule has 0 saturated heterocycles. The molecule has 0 aliphatic rings. The fourth-order valence-corrected chi connectivity index (χ4v) is 1.98. The summed E-state index contributed by atoms with van der Waals surface area (Å²) in [4.78, 5) is 7.72. The van der Waals surface area contributed by atoms with Crippen LogP contribution >= 0.6 is 0 Å². The molecule has 16 heavy (non-hydrogen) atoms. The van der Waals surface area contributed by atoms with E-state index in [1.807, 2.05) is 12.1 Å². The number of aromatic amines is 1. The molecule has 2 aromatic rings. The van der Waals surface area contributed by atoms with Crippen molar-refractivity contribution in [2.24, 2.45) is 0 Å². The minimum Gasteiger partial charge on any atom is -0.384 e. The van der Waals surface area contributed by atoms with Crippen LogP contribution < -0.4 is 5.73 Å². The second kappa shape index (κ2) is 4.56. The molecule has 0 aromatic carbocycles. The molecule has 3 heteroatoms. The first-order valence-corrected chi connectivity index (χ1v) is 5.96. The SMILES string of the molecule is CCCCC(C)c1cc2nc(N)ccc2[nH]1. The van der Waals surface area contributed by atoms with E-state index in [1.165, 1.54) is 25.0 Å². The van der Waals surface area contributed by atoms with Crippen LogP contribution in [0.2, 0.25) is 0 Å². The number of nitrogens with one attached hydrogen (secondary N) is 1. The lowest BCUT2D eigenvalue weighted by molar-refractivity contribution is 0.615. The second-order valence-electron chi connectivity index (χ2n) is 4.44. The van der Waals surface area contributed by atoms with Crippen LogP contribution in [0.5, 0.6) is 0 Å². The van der Waals surface area contributed by atoms with E-state index in [0.717, 1.165) is 11.0 Å². The zero-order valence-electron chi connectivity index (χ0n) is 9.96. The molecule has 2 heterocycles. The number of nitrogen functional groups attached to an aromatic ring is 1. The van der Waals surface area contributed by atoms with Gasteiger partial charge in [-0.15, -0.1) is 0 Å². The van der Waals surface area contributed by atoms with E-state index in [2.05, 4.69) is 29.9 Å². The third-order valence-corrected chi connectivity index (χ3v) is 3.04. The highest BCUT2D eigenvalue weighted by molar-refractivity contribution is 5.77. The van der Waals surface area contributed by atoms with E-state index in [1.54, 1.807) is 0 Å². The highest BCUT2D eigenvalue weighted by atomic mass is 14.9. The first-order valence-electron chi connectivity index (χ1n) is 5.96. The molecule has 1 unspecified atom stereocenters. The van der Waals surface area contributed by atoms with Crippen molar-refractivity contribution in [3.05, 3.63) is 23.9 Å². The Morgan fingerprint density at radius 3 is 3.00 bits per heavy atom. The predicted molar refractivity (Wildman–Crippen MR) is 68.4 cm³/mol. The lowest BCUT2D eigenvalue weighted by Gasteiger charge is -2.07. The standard InChI is InChI=1S/C13H19N3/c1-3-4-5-9(2)11-8-12-10(15-11)6-7-13(14)16-12/h6-9,15H,3-5H2,1-2H3,(H2,14,16). The average Bonchev–Trinajstić information content (AvgIpc) is 2.68. The molecule has 0 amide bonds. The van der Waals surface area contributed by atoms with Crippen molar-refractivity contribution in [2.45, 2.75) is 39.0 Å². The van der Waals surface area contributed by atoms with Gasteiger partial charge in [-0.1, -0.05) is 26.7 Å². The Morgan fingerprint density at radius 2 is 2.25 bits per heavy atom. The number of hydrogen-bond acceptors (Lipinski definition) is 2. The summed E-state index contributed by atoms with van der Waals surface area (Å²) >= 11 is 0. The van der Waals surface area contributed by atoms with Crippen LogP contribution in [-0.2, 0) is 0 Å². The van der Waals surface area contributed by atoms with Crippen molar-refractivity contribution in [3.63, 3.8) is 0 Å². The molecule has 0 saturated carbocycles. The second-order valence-corrected chi connectivity index (χ2v) is 4.44. The molecule has 0 radical (unpaired) electrons. The zero-order chi connectivity index (χ0) is 11.5. The van der Waals surface area contributed by atoms with Crippen LogP contribution in [0, 0.1) is 0 Å². The molecule has 3 nitrogen and oxygen atoms in total. The van der Waals surface area contributed by atoms with Crippen LogP contribution in [-0.4, -0.2) is 9.97 Å². The third-order valence-electron chi connectivity index (χ3n) is 3.04. The van der Waals surface area contributed by atoms with Gasteiger partial charge in [-0.25, -0.2) is 4.98 Å². The van der Waals surface area contributed by atoms with E-state index in [9.17, 15) is 0 Å². The van der Waals surface area contributed by atoms with E-state index in [0.29, 0.717) is 11.7 Å². The van der Waals surface area contributed by atoms with Gasteiger partial charge in [-0.3, -0.25) is 0 Å². The van der Waals surface area contributed by atoms with E-state index in [-0.39, 0.29) is 0 Å². The lowest BCUT2D eigenvalue weighted by atomic mass is 10.0. The molecule has 2 aromatic heterocycles. The van der Waals surface area contributed by atoms with Crippen molar-refractivity contribution >= 4 is 16.9 Å². The van der Waals surface area contributed by atoms with E-state index < -0.39 is 0 Å². The molecule has 2 rings (SSSR count). The minimum absolute atomic E-state index is 0.565. The normalized spacial score (nSPS) is 13.1. The Hall–Kier alpha value is -1.51. The molecule has 86 valence electrons. The summed E-state index contributed by atoms with van der Waals surface area (Å²) in [6.45, 7) is 4.48. The Morgan fingerprint density at radius 1 is 1.44 bits per heavy atom. The number of unbranched alkanes of at least 4 members (excludes halogenated alkanes) is 1. The number of nitrogens with zero attached hydrogens (tertiary/aromatic N) is 1. The Balaban J connectivity index is 2.25. The molecule has 0 bridgehead atoms. The number of pyridine rings is 1. The van der Waals surface area contributed by atoms with Crippen LogP contribution in [0.3, 0.4) is 0 Å². The summed E-state index contributed by atoms with van der Waals surface area (Å²) in [6.07, 6.45) is 3.74. The highest BCUT2D eigenvalue weighted by Gasteiger charge is 2.09. The maximum Gasteiger partial charge on any atom is 0.124 e. The number of anilines is 1. The lowest BCUT2D eigenvalue weighted by Crippen LogP contribution is -1.92. The number of rotatable bonds is 4. The van der Waals surface area contributed by atoms with Crippen LogP contribution in [0.15, 0.2) is 18.2 Å². The van der Waals surface area contributed by atoms with Crippen molar-refractivity contribution in [1.82, 2.24) is 9.97 Å². The van der Waals surface area contributed by atoms with Crippen molar-refractivity contribution < 1.29 is 0 Å². The largest absolute Gasteiger partial charge is 0.384 e. The zero-order valence-corrected chi connectivity index (χ0v) is 9.96. The van der Waals surface area contributed by atoms with Gasteiger partial charge < -0.3 is 10.7 Å². The molecule has 0 spiro atoms. The first-order chi connectivity index (χ1) is 7.70. The quantitative estimate of drug-likeness (QED) is 0.824. The van der Waals surface area contributed by atoms with E-state index in [4.69, 9.17) is 5.73 Å². The summed E-state index contributed by atoms with van der Waals surface area (Å²) in [5, 5.41) is 0. The first kappa shape index (κ1) is 11.0. The van der Waals surface area contributed by atoms with Crippen molar-refractivity contribution in [2.75, 3.05) is 5.73 Å². The van der Waals surface area contributed by atoms with E-state index >= 15 is 0 Å². The van der Waals surface area contributed by atoms with Crippen LogP contribution in [0.4, 0.5) is 5.82 Å². The van der Waals surface area contributed by atoms with Crippen LogP contribution in [0.1, 0.15) is 44.7 Å². The number of aromatic nitrogens is 2. The molecular formula is C13H19N3. The van der Waals surface area contributed by atoms with Crippen molar-refractivity contribution in [3.8, 4) is 0 Å². The molecule has 0 fully saturated rings. The Labute approximate surface area is 96.1 Å². The summed E-state index contributed by atoms with van der Waals surface area (Å²) in [7, 11) is 0. The molecule has 0 aliphatic carbocycles. The average molecular weight is 217 g/mol. The number of H-pyrrole nitrogens is 1. The number of fused-ring (bicyclic) bond motifs is 1. The number of nitrogens with two attached hydrogens (primary N) is 1. The fourth-order valence-electron chi connectivity index (χ4n) is 1.98. The summed E-state index contributed by atoms with van der Waals surface area (Å²) < 4.78 is 0. The van der Waals surface area contributed by atoms with Crippen LogP contribution in [0.25, 0.3) is 11.0 Å². The highest BCUT2D eigenvalue weighted by Crippen LogP contribution is 2.24. The summed E-state index contributed by atoms with van der Waals surface area (Å²) in [5.74, 6) is 1.15. The molecule has 1 atom stereocenters. The third kappa shape index (κ3) is 2.18. The maximum atomic E-state index is 5.66. The Kier molecular flexibility index (Phi) is 3.13. The van der Waals surface area contributed by atoms with Gasteiger partial charge in [0.25, 0.3) is 0 Å². The Bertz CT molecular complexity index is 473. The van der Waals surface area contributed by atoms with Crippen molar-refractivity contribution in [1.29, 1.82) is 0 Å². The maximum absolute atomic E-state index is 5.66. The van der Waals surface area contributed by atoms with Gasteiger partial charge >= 0.3 is 0 Å². The smallest absolute Gasteiger partial charge is 0.124 e. The van der Waals surface area contributed by atoms with Gasteiger partial charge in [0.05, 0.1) is 11.0 Å². The monoisotopic (exact) mass is 217 g/mol. The van der Waals surface area contributed by atoms with Gasteiger partial charge in [0.1, 0.15) is 5.82 Å².